The van der Waals surface area contributed by atoms with E-state index in [1.165, 1.54) is 0 Å². The molecule has 2 saturated heterocycles. The molecule has 2 amide bonds. The number of carbonyl (C=O) groups is 2. The van der Waals surface area contributed by atoms with Crippen LogP contribution >= 0.6 is 23.5 Å². The Morgan fingerprint density at radius 2 is 1.48 bits per heavy atom. The van der Waals surface area contributed by atoms with Gasteiger partial charge in [-0.15, -0.1) is 11.8 Å². The van der Waals surface area contributed by atoms with Crippen molar-refractivity contribution in [1.29, 1.82) is 0 Å². The fourth-order valence-electron chi connectivity index (χ4n) is 5.80. The molecule has 5 rings (SSSR count). The molecule has 2 aliphatic heterocycles. The van der Waals surface area contributed by atoms with Crippen LogP contribution in [0.2, 0.25) is 0 Å². The van der Waals surface area contributed by atoms with E-state index in [1.54, 1.807) is 11.0 Å². The van der Waals surface area contributed by atoms with E-state index in [1.807, 2.05) is 41.7 Å². The van der Waals surface area contributed by atoms with E-state index in [2.05, 4.69) is 89.6 Å². The number of nitrogens with zero attached hydrogens (tertiary/aromatic N) is 2. The first-order chi connectivity index (χ1) is 20.6. The van der Waals surface area contributed by atoms with Crippen LogP contribution < -0.4 is 5.32 Å². The third kappa shape index (κ3) is 7.05. The highest BCUT2D eigenvalue weighted by molar-refractivity contribution is 8.01. The van der Waals surface area contributed by atoms with Crippen LogP contribution in [0.5, 0.6) is 0 Å². The van der Waals surface area contributed by atoms with Gasteiger partial charge in [-0.25, -0.2) is 4.79 Å². The predicted molar refractivity (Wildman–Crippen MR) is 174 cm³/mol. The summed E-state index contributed by atoms with van der Waals surface area (Å²) in [5.41, 5.74) is 3.46. The highest BCUT2D eigenvalue weighted by Crippen LogP contribution is 2.52. The average Bonchev–Trinajstić information content (AvgIpc) is 3.48. The van der Waals surface area contributed by atoms with Gasteiger partial charge in [-0.1, -0.05) is 104 Å². The summed E-state index contributed by atoms with van der Waals surface area (Å²) in [5, 5.41) is 3.11. The van der Waals surface area contributed by atoms with Crippen LogP contribution in [-0.4, -0.2) is 83.9 Å². The van der Waals surface area contributed by atoms with E-state index < -0.39 is 16.9 Å². The molecular weight excluding hydrogens is 563 g/mol. The number of hydrogen-bond acceptors (Lipinski definition) is 6. The Bertz CT molecular complexity index is 1210. The van der Waals surface area contributed by atoms with Gasteiger partial charge in [0.2, 0.25) is 5.91 Å². The maximum atomic E-state index is 13.6. The van der Waals surface area contributed by atoms with Crippen LogP contribution in [0, 0.1) is 0 Å². The molecule has 0 aromatic heterocycles. The summed E-state index contributed by atoms with van der Waals surface area (Å²) in [4.78, 5) is 30.8. The second-order valence-electron chi connectivity index (χ2n) is 10.5. The quantitative estimate of drug-likeness (QED) is 0.227. The third-order valence-electron chi connectivity index (χ3n) is 7.84. The first kappa shape index (κ1) is 30.3. The number of nitrogens with one attached hydrogen (secondary N) is 1. The molecule has 220 valence electrons. The lowest BCUT2D eigenvalue weighted by atomic mass is 9.84. The summed E-state index contributed by atoms with van der Waals surface area (Å²) in [6.07, 6.45) is 1.61. The van der Waals surface area contributed by atoms with Crippen molar-refractivity contribution in [1.82, 2.24) is 15.1 Å². The van der Waals surface area contributed by atoms with Crippen LogP contribution in [-0.2, 0) is 14.3 Å². The molecular formula is C34H39N3O3S2. The van der Waals surface area contributed by atoms with Crippen molar-refractivity contribution in [3.63, 3.8) is 0 Å². The van der Waals surface area contributed by atoms with E-state index in [-0.39, 0.29) is 17.8 Å². The fourth-order valence-corrected chi connectivity index (χ4v) is 8.61. The van der Waals surface area contributed by atoms with Gasteiger partial charge in [-0.3, -0.25) is 14.6 Å². The fraction of sp³-hybridized carbons (Fsp3) is 0.353. The minimum atomic E-state index is -0.600. The first-order valence-electron chi connectivity index (χ1n) is 14.6. The number of hydrogen-bond donors (Lipinski definition) is 1. The smallest absolute Gasteiger partial charge is 0.410 e. The molecule has 1 N–H and O–H groups in total. The zero-order valence-corrected chi connectivity index (χ0v) is 25.5. The number of benzene rings is 3. The lowest BCUT2D eigenvalue weighted by molar-refractivity contribution is -0.125. The van der Waals surface area contributed by atoms with Crippen LogP contribution in [0.4, 0.5) is 4.79 Å². The molecule has 0 aliphatic carbocycles. The van der Waals surface area contributed by atoms with Crippen molar-refractivity contribution in [2.75, 3.05) is 50.8 Å². The second-order valence-corrected chi connectivity index (χ2v) is 13.3. The van der Waals surface area contributed by atoms with Gasteiger partial charge in [0, 0.05) is 49.5 Å². The molecule has 0 bridgehead atoms. The van der Waals surface area contributed by atoms with Crippen LogP contribution in [0.25, 0.3) is 0 Å². The Kier molecular flexibility index (Phi) is 10.7. The van der Waals surface area contributed by atoms with Crippen molar-refractivity contribution in [3.05, 3.63) is 120 Å². The van der Waals surface area contributed by atoms with Crippen molar-refractivity contribution in [2.45, 2.75) is 22.5 Å². The molecule has 8 heteroatoms. The largest absolute Gasteiger partial charge is 0.445 e. The van der Waals surface area contributed by atoms with Crippen LogP contribution in [0.1, 0.15) is 23.1 Å². The molecule has 3 aromatic rings. The molecule has 2 heterocycles. The van der Waals surface area contributed by atoms with Crippen molar-refractivity contribution in [3.8, 4) is 0 Å². The Labute approximate surface area is 257 Å². The molecule has 42 heavy (non-hydrogen) atoms. The van der Waals surface area contributed by atoms with E-state index in [0.717, 1.165) is 47.8 Å². The van der Waals surface area contributed by atoms with Crippen LogP contribution in [0.3, 0.4) is 0 Å². The molecule has 2 atom stereocenters. The Hall–Kier alpha value is -3.20. The molecule has 2 aliphatic rings. The SMILES string of the molecule is C=CCOC(=O)N1C[C@@H](SC(c2ccccc2)(c2ccccc2)c2ccccc2)C[C@H]1C(=O)NCCN1CCSCC1. The summed E-state index contributed by atoms with van der Waals surface area (Å²) < 4.78 is 4.92. The lowest BCUT2D eigenvalue weighted by Gasteiger charge is -2.37. The average molecular weight is 602 g/mol. The van der Waals surface area contributed by atoms with Gasteiger partial charge in [0.25, 0.3) is 0 Å². The van der Waals surface area contributed by atoms with Crippen molar-refractivity contribution >= 4 is 35.5 Å². The molecule has 6 nitrogen and oxygen atoms in total. The number of ether oxygens (including phenoxy) is 1. The normalized spacial score (nSPS) is 19.3. The minimum absolute atomic E-state index is 0.0169. The van der Waals surface area contributed by atoms with Gasteiger partial charge < -0.3 is 10.1 Å². The maximum Gasteiger partial charge on any atom is 0.410 e. The summed E-state index contributed by atoms with van der Waals surface area (Å²) in [6.45, 7) is 7.67. The van der Waals surface area contributed by atoms with E-state index in [0.29, 0.717) is 19.5 Å². The number of amides is 2. The number of thioether (sulfide) groups is 2. The van der Waals surface area contributed by atoms with Gasteiger partial charge in [0.15, 0.2) is 0 Å². The van der Waals surface area contributed by atoms with E-state index in [4.69, 9.17) is 4.74 Å². The Morgan fingerprint density at radius 3 is 2.00 bits per heavy atom. The zero-order valence-electron chi connectivity index (χ0n) is 23.9. The lowest BCUT2D eigenvalue weighted by Crippen LogP contribution is -2.48. The van der Waals surface area contributed by atoms with Gasteiger partial charge >= 0.3 is 6.09 Å². The monoisotopic (exact) mass is 601 g/mol. The third-order valence-corrected chi connectivity index (χ3v) is 10.5. The number of likely N-dealkylation sites (tertiary alicyclic amines) is 1. The first-order valence-corrected chi connectivity index (χ1v) is 16.6. The number of rotatable bonds is 11. The molecule has 2 fully saturated rings. The van der Waals surface area contributed by atoms with Gasteiger partial charge in [-0.2, -0.15) is 11.8 Å². The van der Waals surface area contributed by atoms with Gasteiger partial charge in [0.05, 0.1) is 4.75 Å². The molecule has 0 unspecified atom stereocenters. The second kappa shape index (κ2) is 14.8. The highest BCUT2D eigenvalue weighted by Gasteiger charge is 2.46. The molecule has 0 saturated carbocycles. The molecule has 3 aromatic carbocycles. The summed E-state index contributed by atoms with van der Waals surface area (Å²) in [6, 6.07) is 30.9. The summed E-state index contributed by atoms with van der Waals surface area (Å²) >= 11 is 3.78. The van der Waals surface area contributed by atoms with Gasteiger partial charge in [-0.05, 0) is 23.1 Å². The Balaban J connectivity index is 1.43. The highest BCUT2D eigenvalue weighted by atomic mass is 32.2. The predicted octanol–water partition coefficient (Wildman–Crippen LogP) is 5.64. The van der Waals surface area contributed by atoms with Crippen molar-refractivity contribution in [2.24, 2.45) is 0 Å². The molecule has 0 spiro atoms. The maximum absolute atomic E-state index is 13.6. The standard InChI is InChI=1S/C34H39N3O3S2/c1-2-22-40-33(39)37-26-30(25-31(37)32(38)35-18-19-36-20-23-41-24-21-36)42-34(27-12-6-3-7-13-27,28-14-8-4-9-15-28)29-16-10-5-11-17-29/h2-17,30-31H,1,18-26H2,(H,35,38)/t30-,31-/m0/s1. The van der Waals surface area contributed by atoms with E-state index >= 15 is 0 Å². The summed E-state index contributed by atoms with van der Waals surface area (Å²) in [7, 11) is 0. The van der Waals surface area contributed by atoms with Crippen molar-refractivity contribution < 1.29 is 14.3 Å². The van der Waals surface area contributed by atoms with Gasteiger partial charge in [0.1, 0.15) is 12.6 Å². The van der Waals surface area contributed by atoms with E-state index in [9.17, 15) is 9.59 Å². The minimum Gasteiger partial charge on any atom is -0.445 e. The molecule has 0 radical (unpaired) electrons. The summed E-state index contributed by atoms with van der Waals surface area (Å²) in [5.74, 6) is 2.14. The zero-order chi connectivity index (χ0) is 29.2. The topological polar surface area (TPSA) is 61.9 Å². The Morgan fingerprint density at radius 1 is 0.929 bits per heavy atom. The number of carbonyl (C=O) groups excluding carboxylic acids is 2. The van der Waals surface area contributed by atoms with Crippen LogP contribution in [0.15, 0.2) is 104 Å².